The maximum Gasteiger partial charge on any atom is 0.220 e. The van der Waals surface area contributed by atoms with E-state index < -0.39 is 55.6 Å². The lowest BCUT2D eigenvalue weighted by Crippen LogP contribution is -2.60. The average Bonchev–Trinajstić information content (AvgIpc) is 3.37. The first kappa shape index (κ1) is 68.2. The maximum absolute atomic E-state index is 13.1. The van der Waals surface area contributed by atoms with Crippen LogP contribution in [0.3, 0.4) is 0 Å². The molecule has 10 heteroatoms. The van der Waals surface area contributed by atoms with Gasteiger partial charge in [0, 0.05) is 6.42 Å². The first-order valence-corrected chi connectivity index (χ1v) is 31.3. The summed E-state index contributed by atoms with van der Waals surface area (Å²) in [5.74, 6) is -0.249. The Morgan fingerprint density at radius 1 is 0.437 bits per heavy atom. The third-order valence-electron chi connectivity index (χ3n) is 15.6. The van der Waals surface area contributed by atoms with Crippen LogP contribution < -0.4 is 5.32 Å². The number of hydrogen-bond acceptors (Lipinski definition) is 9. The number of aliphatic hydroxyl groups excluding tert-OH is 6. The third kappa shape index (κ3) is 40.1. The molecule has 0 saturated carbocycles. The first-order chi connectivity index (χ1) is 34.8. The summed E-state index contributed by atoms with van der Waals surface area (Å²) in [6.07, 6.45) is 51.5. The van der Waals surface area contributed by atoms with Crippen molar-refractivity contribution in [2.24, 2.45) is 0 Å². The fourth-order valence-corrected chi connectivity index (χ4v) is 10.6. The van der Waals surface area contributed by atoms with Gasteiger partial charge in [-0.05, 0) is 12.8 Å². The second kappa shape index (κ2) is 51.3. The average molecular weight is 1010 g/mol. The topological polar surface area (TPSA) is 169 Å². The summed E-state index contributed by atoms with van der Waals surface area (Å²) in [6, 6.07) is -0.986. The number of rotatable bonds is 55. The Hall–Kier alpha value is -0.850. The van der Waals surface area contributed by atoms with E-state index in [0.717, 1.165) is 38.5 Å². The van der Waals surface area contributed by atoms with Gasteiger partial charge in [0.15, 0.2) is 6.29 Å². The lowest BCUT2D eigenvalue weighted by molar-refractivity contribution is -0.303. The Balaban J connectivity index is 2.12. The van der Waals surface area contributed by atoms with E-state index in [9.17, 15) is 35.4 Å². The Bertz CT molecular complexity index is 1100. The van der Waals surface area contributed by atoms with E-state index in [4.69, 9.17) is 9.47 Å². The molecule has 2 unspecified atom stereocenters. The Kier molecular flexibility index (Phi) is 49.2. The summed E-state index contributed by atoms with van der Waals surface area (Å²) in [5.41, 5.74) is 0. The maximum atomic E-state index is 13.1. The highest BCUT2D eigenvalue weighted by Gasteiger charge is 2.44. The summed E-state index contributed by atoms with van der Waals surface area (Å²) < 4.78 is 11.2. The van der Waals surface area contributed by atoms with Crippen LogP contribution in [-0.4, -0.2) is 98.7 Å². The molecule has 10 nitrogen and oxygen atoms in total. The zero-order valence-electron chi connectivity index (χ0n) is 46.9. The highest BCUT2D eigenvalue weighted by Crippen LogP contribution is 2.24. The number of carbonyl (C=O) groups is 1. The third-order valence-corrected chi connectivity index (χ3v) is 15.6. The van der Waals surface area contributed by atoms with Crippen molar-refractivity contribution in [2.45, 2.75) is 371 Å². The van der Waals surface area contributed by atoms with E-state index in [1.165, 1.54) is 257 Å². The summed E-state index contributed by atoms with van der Waals surface area (Å²) in [7, 11) is 0. The molecular weight excluding hydrogens is 891 g/mol. The number of hydrogen-bond donors (Lipinski definition) is 7. The monoisotopic (exact) mass is 1010 g/mol. The minimum Gasteiger partial charge on any atom is -0.394 e. The van der Waals surface area contributed by atoms with Crippen molar-refractivity contribution in [3.05, 3.63) is 0 Å². The van der Waals surface area contributed by atoms with E-state index >= 15 is 0 Å². The van der Waals surface area contributed by atoms with Crippen molar-refractivity contribution in [1.29, 1.82) is 0 Å². The van der Waals surface area contributed by atoms with Crippen LogP contribution in [-0.2, 0) is 14.3 Å². The molecule has 1 saturated heterocycles. The Morgan fingerprint density at radius 2 is 0.732 bits per heavy atom. The lowest BCUT2D eigenvalue weighted by atomic mass is 9.98. The van der Waals surface area contributed by atoms with Crippen LogP contribution in [0.5, 0.6) is 0 Å². The predicted molar refractivity (Wildman–Crippen MR) is 297 cm³/mol. The van der Waals surface area contributed by atoms with Gasteiger partial charge < -0.3 is 45.4 Å². The van der Waals surface area contributed by atoms with Crippen LogP contribution in [0.4, 0.5) is 0 Å². The van der Waals surface area contributed by atoms with E-state index in [-0.39, 0.29) is 18.9 Å². The van der Waals surface area contributed by atoms with E-state index in [0.29, 0.717) is 6.42 Å². The number of unbranched alkanes of at least 4 members (excludes halogenated alkanes) is 44. The van der Waals surface area contributed by atoms with Gasteiger partial charge in [-0.25, -0.2) is 0 Å². The molecule has 1 aliphatic rings. The standard InChI is InChI=1S/C61H121NO9/c1-3-5-7-9-11-13-15-17-19-20-21-22-23-24-25-26-27-28-29-30-31-32-33-34-35-36-38-40-42-44-46-48-50-56(65)62-53(52-70-61-60(69)59(68)58(67)55(51-63)71-61)57(66)54(64)49-47-45-43-41-39-37-18-16-14-12-10-8-6-4-2/h53-55,57-61,63-64,66-69H,3-52H2,1-2H3,(H,62,65)/t53-,54+,55+,57-,58-,59?,60?,61+/m0/s1. The second-order valence-corrected chi connectivity index (χ2v) is 22.4. The smallest absolute Gasteiger partial charge is 0.220 e. The zero-order valence-corrected chi connectivity index (χ0v) is 46.9. The van der Waals surface area contributed by atoms with E-state index in [1.54, 1.807) is 0 Å². The van der Waals surface area contributed by atoms with Crippen molar-refractivity contribution in [3.8, 4) is 0 Å². The van der Waals surface area contributed by atoms with E-state index in [1.807, 2.05) is 0 Å². The van der Waals surface area contributed by atoms with Crippen LogP contribution in [0, 0.1) is 0 Å². The van der Waals surface area contributed by atoms with Crippen molar-refractivity contribution in [1.82, 2.24) is 5.32 Å². The molecule has 7 N–H and O–H groups in total. The minimum atomic E-state index is -1.60. The molecule has 1 heterocycles. The summed E-state index contributed by atoms with van der Waals surface area (Å²) in [4.78, 5) is 13.1. The number of aliphatic hydroxyl groups is 6. The number of carbonyl (C=O) groups excluding carboxylic acids is 1. The van der Waals surface area contributed by atoms with Gasteiger partial charge in [0.05, 0.1) is 25.4 Å². The molecule has 8 atom stereocenters. The molecule has 1 amide bonds. The molecular formula is C61H121NO9. The largest absolute Gasteiger partial charge is 0.394 e. The number of nitrogens with one attached hydrogen (secondary N) is 1. The SMILES string of the molecule is CCCCCCCCCCCCCCCCCCCCCCCCCCCCCCCCCCC(=O)N[C@@H](CO[C@@H]1O[C@H](CO)[C@H](O)C(O)C1O)[C@H](O)[C@H](O)CCCCCCCCCCCCCCCC. The van der Waals surface area contributed by atoms with Gasteiger partial charge in [0.1, 0.15) is 30.5 Å². The predicted octanol–water partition coefficient (Wildman–Crippen LogP) is 14.8. The minimum absolute atomic E-state index is 0.249. The molecule has 0 aliphatic carbocycles. The second-order valence-electron chi connectivity index (χ2n) is 22.4. The van der Waals surface area contributed by atoms with Crippen molar-refractivity contribution < 1.29 is 44.9 Å². The van der Waals surface area contributed by atoms with Crippen LogP contribution in [0.2, 0.25) is 0 Å². The van der Waals surface area contributed by atoms with Crippen LogP contribution >= 0.6 is 0 Å². The quantitative estimate of drug-likeness (QED) is 0.0293. The molecule has 0 spiro atoms. The Morgan fingerprint density at radius 3 is 1.04 bits per heavy atom. The molecule has 1 rings (SSSR count). The van der Waals surface area contributed by atoms with Crippen LogP contribution in [0.1, 0.15) is 322 Å². The zero-order chi connectivity index (χ0) is 51.7. The first-order valence-electron chi connectivity index (χ1n) is 31.3. The Labute approximate surface area is 438 Å². The molecule has 1 aliphatic heterocycles. The molecule has 0 aromatic heterocycles. The normalized spacial score (nSPS) is 19.6. The molecule has 0 bridgehead atoms. The van der Waals surface area contributed by atoms with E-state index in [2.05, 4.69) is 19.2 Å². The fraction of sp³-hybridized carbons (Fsp3) is 0.984. The highest BCUT2D eigenvalue weighted by atomic mass is 16.7. The van der Waals surface area contributed by atoms with Crippen molar-refractivity contribution in [2.75, 3.05) is 13.2 Å². The van der Waals surface area contributed by atoms with Crippen LogP contribution in [0.25, 0.3) is 0 Å². The fourth-order valence-electron chi connectivity index (χ4n) is 10.6. The van der Waals surface area contributed by atoms with Gasteiger partial charge in [-0.2, -0.15) is 0 Å². The molecule has 424 valence electrons. The number of amides is 1. The summed E-state index contributed by atoms with van der Waals surface area (Å²) in [5, 5.41) is 65.6. The lowest BCUT2D eigenvalue weighted by Gasteiger charge is -2.40. The van der Waals surface area contributed by atoms with Gasteiger partial charge in [0.25, 0.3) is 0 Å². The van der Waals surface area contributed by atoms with Gasteiger partial charge in [0.2, 0.25) is 5.91 Å². The van der Waals surface area contributed by atoms with Gasteiger partial charge >= 0.3 is 0 Å². The van der Waals surface area contributed by atoms with Gasteiger partial charge in [-0.3, -0.25) is 4.79 Å². The summed E-state index contributed by atoms with van der Waals surface area (Å²) in [6.45, 7) is 3.66. The molecule has 1 fully saturated rings. The molecule has 71 heavy (non-hydrogen) atoms. The van der Waals surface area contributed by atoms with Gasteiger partial charge in [-0.15, -0.1) is 0 Å². The molecule has 0 radical (unpaired) electrons. The number of ether oxygens (including phenoxy) is 2. The molecule has 0 aromatic rings. The van der Waals surface area contributed by atoms with Gasteiger partial charge in [-0.1, -0.05) is 303 Å². The van der Waals surface area contributed by atoms with Crippen LogP contribution in [0.15, 0.2) is 0 Å². The highest BCUT2D eigenvalue weighted by molar-refractivity contribution is 5.76. The molecule has 0 aromatic carbocycles. The summed E-state index contributed by atoms with van der Waals surface area (Å²) >= 11 is 0. The van der Waals surface area contributed by atoms with Crippen molar-refractivity contribution >= 4 is 5.91 Å². The van der Waals surface area contributed by atoms with Crippen molar-refractivity contribution in [3.63, 3.8) is 0 Å².